The Bertz CT molecular complexity index is 993. The van der Waals surface area contributed by atoms with E-state index in [4.69, 9.17) is 27.9 Å². The fourth-order valence-electron chi connectivity index (χ4n) is 2.71. The second kappa shape index (κ2) is 10.0. The topological polar surface area (TPSA) is 69.0 Å². The molecule has 0 aliphatic heterocycles. The minimum atomic E-state index is -0.179. The van der Waals surface area contributed by atoms with Gasteiger partial charge in [-0.15, -0.1) is 10.2 Å². The molecule has 29 heavy (non-hydrogen) atoms. The smallest absolute Gasteiger partial charge is 0.234 e. The predicted molar refractivity (Wildman–Crippen MR) is 117 cm³/mol. The van der Waals surface area contributed by atoms with Crippen LogP contribution in [0.2, 0.25) is 10.0 Å². The van der Waals surface area contributed by atoms with Crippen molar-refractivity contribution in [3.05, 3.63) is 63.9 Å². The molecule has 1 aromatic heterocycles. The zero-order chi connectivity index (χ0) is 20.8. The molecule has 0 saturated heterocycles. The van der Waals surface area contributed by atoms with Gasteiger partial charge in [-0.25, -0.2) is 0 Å². The average molecular weight is 451 g/mol. The summed E-state index contributed by atoms with van der Waals surface area (Å²) in [7, 11) is 1.64. The standard InChI is InChI=1S/C20H20Cl2N4O2S/c1-3-26-18(10-13-4-7-15(28-2)8-5-13)24-25-20(26)29-12-19(27)23-17-9-6-14(21)11-16(17)22/h4-9,11H,3,10,12H2,1-2H3,(H,23,27). The number of aromatic nitrogens is 3. The van der Waals surface area contributed by atoms with Gasteiger partial charge in [0.15, 0.2) is 5.16 Å². The van der Waals surface area contributed by atoms with Gasteiger partial charge in [-0.1, -0.05) is 47.1 Å². The molecule has 0 spiro atoms. The first kappa shape index (κ1) is 21.5. The van der Waals surface area contributed by atoms with Crippen LogP contribution in [-0.2, 0) is 17.8 Å². The molecule has 9 heteroatoms. The van der Waals surface area contributed by atoms with Gasteiger partial charge in [0.1, 0.15) is 11.6 Å². The fourth-order valence-corrected chi connectivity index (χ4v) is 3.98. The van der Waals surface area contributed by atoms with Crippen molar-refractivity contribution in [1.29, 1.82) is 0 Å². The Labute approximate surface area is 183 Å². The summed E-state index contributed by atoms with van der Waals surface area (Å²) in [5.41, 5.74) is 1.64. The highest BCUT2D eigenvalue weighted by Crippen LogP contribution is 2.26. The molecule has 1 heterocycles. The van der Waals surface area contributed by atoms with E-state index in [2.05, 4.69) is 15.5 Å². The van der Waals surface area contributed by atoms with Crippen molar-refractivity contribution in [2.75, 3.05) is 18.2 Å². The lowest BCUT2D eigenvalue weighted by molar-refractivity contribution is -0.113. The van der Waals surface area contributed by atoms with Gasteiger partial charge in [0.05, 0.1) is 23.6 Å². The molecule has 3 aromatic rings. The maximum atomic E-state index is 12.3. The highest BCUT2D eigenvalue weighted by molar-refractivity contribution is 7.99. The third kappa shape index (κ3) is 5.65. The van der Waals surface area contributed by atoms with Crippen LogP contribution in [0.25, 0.3) is 0 Å². The lowest BCUT2D eigenvalue weighted by atomic mass is 10.1. The maximum absolute atomic E-state index is 12.3. The summed E-state index contributed by atoms with van der Waals surface area (Å²) in [5.74, 6) is 1.68. The molecule has 0 unspecified atom stereocenters. The number of hydrogen-bond donors (Lipinski definition) is 1. The number of nitrogens with one attached hydrogen (secondary N) is 1. The molecular formula is C20H20Cl2N4O2S. The molecule has 0 aliphatic carbocycles. The van der Waals surface area contributed by atoms with Gasteiger partial charge < -0.3 is 14.6 Å². The van der Waals surface area contributed by atoms with E-state index in [1.54, 1.807) is 25.3 Å². The molecule has 2 aromatic carbocycles. The first-order valence-corrected chi connectivity index (χ1v) is 10.7. The van der Waals surface area contributed by atoms with Crippen LogP contribution >= 0.6 is 35.0 Å². The molecule has 0 bridgehead atoms. The third-order valence-corrected chi connectivity index (χ3v) is 5.68. The van der Waals surface area contributed by atoms with E-state index in [0.29, 0.717) is 33.9 Å². The van der Waals surface area contributed by atoms with Crippen molar-refractivity contribution in [2.24, 2.45) is 0 Å². The first-order valence-electron chi connectivity index (χ1n) is 8.93. The summed E-state index contributed by atoms with van der Waals surface area (Å²) in [6.45, 7) is 2.74. The number of halogens is 2. The number of rotatable bonds is 8. The molecule has 6 nitrogen and oxygen atoms in total. The summed E-state index contributed by atoms with van der Waals surface area (Å²) in [6, 6.07) is 12.8. The number of anilines is 1. The highest BCUT2D eigenvalue weighted by atomic mass is 35.5. The van der Waals surface area contributed by atoms with Gasteiger partial charge in [0.25, 0.3) is 0 Å². The number of methoxy groups -OCH3 is 1. The summed E-state index contributed by atoms with van der Waals surface area (Å²) in [6.07, 6.45) is 0.651. The van der Waals surface area contributed by atoms with Crippen molar-refractivity contribution in [3.63, 3.8) is 0 Å². The van der Waals surface area contributed by atoms with Crippen molar-refractivity contribution in [3.8, 4) is 5.75 Å². The summed E-state index contributed by atoms with van der Waals surface area (Å²) in [4.78, 5) is 12.3. The Hall–Kier alpha value is -2.22. The molecule has 0 atom stereocenters. The molecule has 152 valence electrons. The van der Waals surface area contributed by atoms with Crippen LogP contribution in [0.1, 0.15) is 18.3 Å². The second-order valence-corrected chi connectivity index (χ2v) is 7.92. The van der Waals surface area contributed by atoms with Crippen LogP contribution in [0.15, 0.2) is 47.6 Å². The van der Waals surface area contributed by atoms with Crippen LogP contribution < -0.4 is 10.1 Å². The number of thioether (sulfide) groups is 1. The lowest BCUT2D eigenvalue weighted by Gasteiger charge is -2.09. The van der Waals surface area contributed by atoms with Crippen molar-refractivity contribution < 1.29 is 9.53 Å². The Balaban J connectivity index is 1.62. The van der Waals surface area contributed by atoms with E-state index in [-0.39, 0.29) is 11.7 Å². The van der Waals surface area contributed by atoms with E-state index in [9.17, 15) is 4.79 Å². The number of carbonyl (C=O) groups excluding carboxylic acids is 1. The Kier molecular flexibility index (Phi) is 7.41. The van der Waals surface area contributed by atoms with Gasteiger partial charge in [-0.2, -0.15) is 0 Å². The van der Waals surface area contributed by atoms with E-state index < -0.39 is 0 Å². The SMILES string of the molecule is CCn1c(Cc2ccc(OC)cc2)nnc1SCC(=O)Nc1ccc(Cl)cc1Cl. The first-order chi connectivity index (χ1) is 14.0. The number of benzene rings is 2. The van der Waals surface area contributed by atoms with E-state index >= 15 is 0 Å². The fraction of sp³-hybridized carbons (Fsp3) is 0.250. The van der Waals surface area contributed by atoms with Crippen molar-refractivity contribution >= 4 is 46.6 Å². The Morgan fingerprint density at radius 2 is 1.93 bits per heavy atom. The average Bonchev–Trinajstić information content (AvgIpc) is 3.10. The molecule has 3 rings (SSSR count). The summed E-state index contributed by atoms with van der Waals surface area (Å²) in [5, 5.41) is 13.0. The molecule has 0 radical (unpaired) electrons. The van der Waals surface area contributed by atoms with Crippen LogP contribution in [0.5, 0.6) is 5.75 Å². The minimum absolute atomic E-state index is 0.179. The molecular weight excluding hydrogens is 431 g/mol. The lowest BCUT2D eigenvalue weighted by Crippen LogP contribution is -2.15. The van der Waals surface area contributed by atoms with Crippen molar-refractivity contribution in [1.82, 2.24) is 14.8 Å². The Morgan fingerprint density at radius 3 is 2.59 bits per heavy atom. The Morgan fingerprint density at radius 1 is 1.17 bits per heavy atom. The number of carbonyl (C=O) groups is 1. The number of ether oxygens (including phenoxy) is 1. The summed E-state index contributed by atoms with van der Waals surface area (Å²) < 4.78 is 7.20. The summed E-state index contributed by atoms with van der Waals surface area (Å²) >= 11 is 13.3. The quantitative estimate of drug-likeness (QED) is 0.492. The third-order valence-electron chi connectivity index (χ3n) is 4.17. The minimum Gasteiger partial charge on any atom is -0.497 e. The largest absolute Gasteiger partial charge is 0.497 e. The normalized spacial score (nSPS) is 10.8. The monoisotopic (exact) mass is 450 g/mol. The van der Waals surface area contributed by atoms with E-state index in [0.717, 1.165) is 17.1 Å². The number of nitrogens with zero attached hydrogens (tertiary/aromatic N) is 3. The van der Waals surface area contributed by atoms with Gasteiger partial charge in [0, 0.05) is 18.0 Å². The van der Waals surface area contributed by atoms with Gasteiger partial charge in [-0.3, -0.25) is 4.79 Å². The predicted octanol–water partition coefficient (Wildman–Crippen LogP) is 4.94. The maximum Gasteiger partial charge on any atom is 0.234 e. The van der Waals surface area contributed by atoms with Crippen molar-refractivity contribution in [2.45, 2.75) is 25.0 Å². The zero-order valence-electron chi connectivity index (χ0n) is 16.0. The van der Waals surface area contributed by atoms with Crippen LogP contribution in [0.4, 0.5) is 5.69 Å². The zero-order valence-corrected chi connectivity index (χ0v) is 18.3. The molecule has 1 N–H and O–H groups in total. The van der Waals surface area contributed by atoms with Crippen LogP contribution in [-0.4, -0.2) is 33.5 Å². The molecule has 0 saturated carbocycles. The molecule has 1 amide bonds. The highest BCUT2D eigenvalue weighted by Gasteiger charge is 2.14. The second-order valence-electron chi connectivity index (χ2n) is 6.13. The van der Waals surface area contributed by atoms with Gasteiger partial charge >= 0.3 is 0 Å². The number of amides is 1. The van der Waals surface area contributed by atoms with E-state index in [1.165, 1.54) is 11.8 Å². The van der Waals surface area contributed by atoms with Gasteiger partial charge in [-0.05, 0) is 42.8 Å². The number of hydrogen-bond acceptors (Lipinski definition) is 5. The van der Waals surface area contributed by atoms with Crippen LogP contribution in [0, 0.1) is 0 Å². The molecule has 0 aliphatic rings. The van der Waals surface area contributed by atoms with Gasteiger partial charge in [0.2, 0.25) is 5.91 Å². The van der Waals surface area contributed by atoms with E-state index in [1.807, 2.05) is 35.8 Å². The van der Waals surface area contributed by atoms with Crippen LogP contribution in [0.3, 0.4) is 0 Å². The molecule has 0 fully saturated rings.